The molecule has 0 aliphatic heterocycles. The average Bonchev–Trinajstić information content (AvgIpc) is 2.00. The first-order valence-corrected chi connectivity index (χ1v) is 4.02. The Hall–Kier alpha value is -1.39. The minimum Gasteiger partial charge on any atom is -0.446 e. The van der Waals surface area contributed by atoms with Gasteiger partial charge in [-0.2, -0.15) is 0 Å². The zero-order valence-corrected chi connectivity index (χ0v) is 8.50. The molecule has 0 fully saturated rings. The molecule has 0 spiro atoms. The van der Waals surface area contributed by atoms with Crippen LogP contribution in [-0.4, -0.2) is 24.1 Å². The van der Waals surface area contributed by atoms with E-state index in [1.54, 1.807) is 27.8 Å². The minimum absolute atomic E-state index is 0.114. The van der Waals surface area contributed by atoms with Crippen LogP contribution < -0.4 is 11.5 Å². The highest BCUT2D eigenvalue weighted by atomic mass is 16.6. The number of allylic oxidation sites excluding steroid dienone is 1. The van der Waals surface area contributed by atoms with Crippen molar-refractivity contribution < 1.29 is 9.53 Å². The first kappa shape index (κ1) is 11.6. The largest absolute Gasteiger partial charge is 0.446 e. The molecule has 5 nitrogen and oxygen atoms in total. The summed E-state index contributed by atoms with van der Waals surface area (Å²) in [6.45, 7) is 5.20. The Bertz CT molecular complexity index is 219. The number of carbonyl (C=O) groups excluding carboxylic acids is 1. The van der Waals surface area contributed by atoms with Crippen molar-refractivity contribution in [2.45, 2.75) is 26.9 Å². The van der Waals surface area contributed by atoms with Gasteiger partial charge in [-0.3, -0.25) is 4.90 Å². The van der Waals surface area contributed by atoms with Crippen molar-refractivity contribution in [3.63, 3.8) is 0 Å². The molecule has 0 aliphatic rings. The van der Waals surface area contributed by atoms with E-state index in [2.05, 4.69) is 0 Å². The molecule has 5 heteroatoms. The highest BCUT2D eigenvalue weighted by Gasteiger charge is 2.14. The van der Waals surface area contributed by atoms with Gasteiger partial charge in [0.2, 0.25) is 0 Å². The number of carbonyl (C=O) groups is 1. The van der Waals surface area contributed by atoms with E-state index in [4.69, 9.17) is 16.2 Å². The van der Waals surface area contributed by atoms with Gasteiger partial charge in [0.15, 0.2) is 0 Å². The van der Waals surface area contributed by atoms with Gasteiger partial charge in [0.1, 0.15) is 5.82 Å². The number of hydrogen-bond acceptors (Lipinski definition) is 4. The van der Waals surface area contributed by atoms with Crippen LogP contribution in [0.3, 0.4) is 0 Å². The lowest BCUT2D eigenvalue weighted by Gasteiger charge is -2.19. The van der Waals surface area contributed by atoms with Crippen molar-refractivity contribution in [3.05, 3.63) is 11.5 Å². The topological polar surface area (TPSA) is 81.6 Å². The molecule has 0 unspecified atom stereocenters. The van der Waals surface area contributed by atoms with Crippen LogP contribution in [0.15, 0.2) is 11.5 Å². The smallest absolute Gasteiger partial charge is 0.414 e. The summed E-state index contributed by atoms with van der Waals surface area (Å²) in [7, 11) is 1.56. The van der Waals surface area contributed by atoms with E-state index in [0.717, 1.165) is 0 Å². The van der Waals surface area contributed by atoms with E-state index in [1.807, 2.05) is 0 Å². The SMILES string of the molecule is CC(=C(N)N)N(C)C(=O)OC(C)C. The summed E-state index contributed by atoms with van der Waals surface area (Å²) < 4.78 is 4.93. The molecule has 0 saturated heterocycles. The van der Waals surface area contributed by atoms with Crippen molar-refractivity contribution in [1.82, 2.24) is 4.90 Å². The fourth-order valence-corrected chi connectivity index (χ4v) is 0.611. The second-order valence-electron chi connectivity index (χ2n) is 3.03. The Balaban J connectivity index is 4.35. The summed E-state index contributed by atoms with van der Waals surface area (Å²) in [4.78, 5) is 12.5. The second kappa shape index (κ2) is 4.59. The van der Waals surface area contributed by atoms with E-state index in [9.17, 15) is 4.79 Å². The van der Waals surface area contributed by atoms with E-state index >= 15 is 0 Å². The van der Waals surface area contributed by atoms with Crippen LogP contribution in [0.1, 0.15) is 20.8 Å². The van der Waals surface area contributed by atoms with Crippen LogP contribution in [0.4, 0.5) is 4.79 Å². The van der Waals surface area contributed by atoms with Gasteiger partial charge in [-0.05, 0) is 20.8 Å². The number of rotatable bonds is 2. The molecule has 0 aromatic carbocycles. The molecule has 1 amide bonds. The third-order valence-electron chi connectivity index (χ3n) is 1.53. The number of nitrogens with two attached hydrogens (primary N) is 2. The molecule has 0 aliphatic carbocycles. The number of ether oxygens (including phenoxy) is 1. The van der Waals surface area contributed by atoms with Crippen LogP contribution in [0.5, 0.6) is 0 Å². The molecule has 0 saturated carbocycles. The summed E-state index contributed by atoms with van der Waals surface area (Å²) in [5.74, 6) is 0.114. The van der Waals surface area contributed by atoms with Crippen molar-refractivity contribution in [1.29, 1.82) is 0 Å². The minimum atomic E-state index is -0.457. The summed E-state index contributed by atoms with van der Waals surface area (Å²) in [6, 6.07) is 0. The predicted octanol–water partition coefficient (Wildman–Crippen LogP) is 0.570. The first-order valence-electron chi connectivity index (χ1n) is 4.02. The lowest BCUT2D eigenvalue weighted by atomic mass is 10.4. The zero-order valence-electron chi connectivity index (χ0n) is 8.50. The highest BCUT2D eigenvalue weighted by Crippen LogP contribution is 2.04. The Kier molecular flexibility index (Phi) is 4.10. The lowest BCUT2D eigenvalue weighted by Crippen LogP contribution is -2.31. The maximum Gasteiger partial charge on any atom is 0.414 e. The van der Waals surface area contributed by atoms with Crippen LogP contribution in [-0.2, 0) is 4.74 Å². The molecular formula is C8H17N3O2. The van der Waals surface area contributed by atoms with Crippen LogP contribution in [0.2, 0.25) is 0 Å². The first-order chi connectivity index (χ1) is 5.86. The van der Waals surface area contributed by atoms with Gasteiger partial charge in [0, 0.05) is 7.05 Å². The number of amides is 1. The molecule has 0 heterocycles. The van der Waals surface area contributed by atoms with Gasteiger partial charge < -0.3 is 16.2 Å². The van der Waals surface area contributed by atoms with Crippen molar-refractivity contribution >= 4 is 6.09 Å². The van der Waals surface area contributed by atoms with Gasteiger partial charge in [-0.1, -0.05) is 0 Å². The molecule has 13 heavy (non-hydrogen) atoms. The Labute approximate surface area is 78.3 Å². The van der Waals surface area contributed by atoms with Gasteiger partial charge in [-0.15, -0.1) is 0 Å². The van der Waals surface area contributed by atoms with Gasteiger partial charge in [0.25, 0.3) is 0 Å². The van der Waals surface area contributed by atoms with Crippen LogP contribution in [0, 0.1) is 0 Å². The van der Waals surface area contributed by atoms with Crippen LogP contribution in [0.25, 0.3) is 0 Å². The third kappa shape index (κ3) is 3.68. The fraction of sp³-hybridized carbons (Fsp3) is 0.625. The number of hydrogen-bond donors (Lipinski definition) is 2. The fourth-order valence-electron chi connectivity index (χ4n) is 0.611. The van der Waals surface area contributed by atoms with Crippen molar-refractivity contribution in [2.75, 3.05) is 7.05 Å². The Morgan fingerprint density at radius 2 is 1.85 bits per heavy atom. The summed E-state index contributed by atoms with van der Waals surface area (Å²) in [5.41, 5.74) is 11.1. The van der Waals surface area contributed by atoms with E-state index < -0.39 is 6.09 Å². The standard InChI is InChI=1S/C8H17N3O2/c1-5(2)13-8(12)11(4)6(3)7(9)10/h5H,9-10H2,1-4H3. The molecule has 0 rings (SSSR count). The van der Waals surface area contributed by atoms with Crippen molar-refractivity contribution in [2.24, 2.45) is 11.5 Å². The normalized spacial score (nSPS) is 9.62. The average molecular weight is 187 g/mol. The molecule has 0 atom stereocenters. The maximum absolute atomic E-state index is 11.3. The monoisotopic (exact) mass is 187 g/mol. The molecule has 4 N–H and O–H groups in total. The maximum atomic E-state index is 11.3. The molecule has 0 bridgehead atoms. The molecule has 0 aromatic rings. The van der Waals surface area contributed by atoms with Crippen molar-refractivity contribution in [3.8, 4) is 0 Å². The zero-order chi connectivity index (χ0) is 10.6. The third-order valence-corrected chi connectivity index (χ3v) is 1.53. The van der Waals surface area contributed by atoms with E-state index in [1.165, 1.54) is 4.90 Å². The molecule has 0 aromatic heterocycles. The quantitative estimate of drug-likeness (QED) is 0.662. The summed E-state index contributed by atoms with van der Waals surface area (Å²) in [5, 5.41) is 0. The molecule has 0 radical (unpaired) electrons. The van der Waals surface area contributed by atoms with E-state index in [-0.39, 0.29) is 11.9 Å². The number of nitrogens with zero attached hydrogens (tertiary/aromatic N) is 1. The highest BCUT2D eigenvalue weighted by molar-refractivity contribution is 5.69. The Morgan fingerprint density at radius 3 is 2.15 bits per heavy atom. The lowest BCUT2D eigenvalue weighted by molar-refractivity contribution is 0.0917. The van der Waals surface area contributed by atoms with Crippen LogP contribution >= 0.6 is 0 Å². The van der Waals surface area contributed by atoms with Gasteiger partial charge in [-0.25, -0.2) is 4.79 Å². The second-order valence-corrected chi connectivity index (χ2v) is 3.03. The molecule has 76 valence electrons. The summed E-state index contributed by atoms with van der Waals surface area (Å²) in [6.07, 6.45) is -0.609. The van der Waals surface area contributed by atoms with Gasteiger partial charge >= 0.3 is 6.09 Å². The summed E-state index contributed by atoms with van der Waals surface area (Å²) >= 11 is 0. The Morgan fingerprint density at radius 1 is 1.38 bits per heavy atom. The molecular weight excluding hydrogens is 170 g/mol. The predicted molar refractivity (Wildman–Crippen MR) is 50.5 cm³/mol. The van der Waals surface area contributed by atoms with Gasteiger partial charge in [0.05, 0.1) is 11.8 Å². The van der Waals surface area contributed by atoms with E-state index in [0.29, 0.717) is 5.70 Å².